The lowest BCUT2D eigenvalue weighted by atomic mass is 10.2. The Bertz CT molecular complexity index is 853. The molecular weight excluding hydrogens is 418 g/mol. The zero-order valence-corrected chi connectivity index (χ0v) is 16.2. The Morgan fingerprint density at radius 1 is 1.15 bits per heavy atom. The highest BCUT2D eigenvalue weighted by atomic mass is 79.9. The number of nitrogens with one attached hydrogen (secondary N) is 2. The van der Waals surface area contributed by atoms with Gasteiger partial charge in [-0.25, -0.2) is 5.43 Å². The number of carbonyl (C=O) groups is 2. The molecule has 2 rings (SSSR count). The van der Waals surface area contributed by atoms with Crippen LogP contribution in [-0.2, 0) is 9.59 Å². The Balaban J connectivity index is 1.87. The van der Waals surface area contributed by atoms with E-state index < -0.39 is 11.8 Å². The second-order valence-corrected chi connectivity index (χ2v) is 6.15. The number of hydrazone groups is 1. The van der Waals surface area contributed by atoms with E-state index >= 15 is 0 Å². The number of hydrogen-bond acceptors (Lipinski definition) is 6. The van der Waals surface area contributed by atoms with Crippen LogP contribution < -0.4 is 20.2 Å². The summed E-state index contributed by atoms with van der Waals surface area (Å²) in [6, 6.07) is 9.88. The van der Waals surface area contributed by atoms with Gasteiger partial charge in [-0.3, -0.25) is 9.59 Å². The Morgan fingerprint density at radius 3 is 2.48 bits per heavy atom. The van der Waals surface area contributed by atoms with Crippen LogP contribution >= 0.6 is 15.9 Å². The largest absolute Gasteiger partial charge is 0.503 e. The number of benzene rings is 2. The number of ether oxygens (including phenoxy) is 2. The Kier molecular flexibility index (Phi) is 7.18. The fourth-order valence-electron chi connectivity index (χ4n) is 2.07. The van der Waals surface area contributed by atoms with E-state index in [9.17, 15) is 14.7 Å². The normalized spacial score (nSPS) is 10.5. The molecule has 8 nitrogen and oxygen atoms in total. The van der Waals surface area contributed by atoms with Gasteiger partial charge >= 0.3 is 0 Å². The minimum Gasteiger partial charge on any atom is -0.503 e. The molecule has 0 radical (unpaired) electrons. The minimum atomic E-state index is -0.568. The standard InChI is InChI=1S/C18H18BrN3O5/c1-26-13-5-3-12(4-6-13)21-16(23)9-17(24)22-20-10-11-7-14(19)18(25)15(8-11)27-2/h3-8,10,25H,9H2,1-2H3,(H,21,23)(H,22,24). The molecule has 0 saturated heterocycles. The predicted molar refractivity (Wildman–Crippen MR) is 104 cm³/mol. The topological polar surface area (TPSA) is 109 Å². The number of rotatable bonds is 7. The van der Waals surface area contributed by atoms with Gasteiger partial charge in [0.15, 0.2) is 11.5 Å². The Morgan fingerprint density at radius 2 is 1.85 bits per heavy atom. The quantitative estimate of drug-likeness (QED) is 0.351. The summed E-state index contributed by atoms with van der Waals surface area (Å²) in [5, 5.41) is 16.1. The second-order valence-electron chi connectivity index (χ2n) is 5.30. The molecular formula is C18H18BrN3O5. The van der Waals surface area contributed by atoms with Crippen molar-refractivity contribution in [3.8, 4) is 17.2 Å². The summed E-state index contributed by atoms with van der Waals surface area (Å²) in [5.74, 6) is -0.147. The van der Waals surface area contributed by atoms with E-state index in [-0.39, 0.29) is 17.9 Å². The molecule has 0 bridgehead atoms. The maximum absolute atomic E-state index is 11.9. The van der Waals surface area contributed by atoms with E-state index in [1.54, 1.807) is 43.5 Å². The minimum absolute atomic E-state index is 0.0334. The first-order valence-electron chi connectivity index (χ1n) is 7.75. The molecule has 0 aliphatic rings. The number of anilines is 1. The van der Waals surface area contributed by atoms with Gasteiger partial charge in [-0.2, -0.15) is 5.10 Å². The highest BCUT2D eigenvalue weighted by molar-refractivity contribution is 9.10. The Labute approximate surface area is 164 Å². The van der Waals surface area contributed by atoms with Crippen LogP contribution in [0.5, 0.6) is 17.2 Å². The van der Waals surface area contributed by atoms with Crippen molar-refractivity contribution in [2.24, 2.45) is 5.10 Å². The van der Waals surface area contributed by atoms with E-state index in [4.69, 9.17) is 9.47 Å². The lowest BCUT2D eigenvalue weighted by Gasteiger charge is -2.06. The molecule has 0 aliphatic heterocycles. The third kappa shape index (κ3) is 6.00. The van der Waals surface area contributed by atoms with Crippen LogP contribution in [0.25, 0.3) is 0 Å². The fourth-order valence-corrected chi connectivity index (χ4v) is 2.53. The van der Waals surface area contributed by atoms with Crippen LogP contribution in [-0.4, -0.2) is 37.4 Å². The zero-order valence-electron chi connectivity index (χ0n) is 14.7. The van der Waals surface area contributed by atoms with Crippen LogP contribution in [0.15, 0.2) is 46.0 Å². The lowest BCUT2D eigenvalue weighted by molar-refractivity contribution is -0.126. The third-order valence-corrected chi connectivity index (χ3v) is 3.97. The number of hydrogen-bond donors (Lipinski definition) is 3. The molecule has 0 aliphatic carbocycles. The average molecular weight is 436 g/mol. The average Bonchev–Trinajstić information content (AvgIpc) is 2.64. The van der Waals surface area contributed by atoms with Gasteiger partial charge in [0, 0.05) is 5.69 Å². The van der Waals surface area contributed by atoms with Crippen molar-refractivity contribution in [2.75, 3.05) is 19.5 Å². The molecule has 0 fully saturated rings. The molecule has 9 heteroatoms. The summed E-state index contributed by atoms with van der Waals surface area (Å²) in [6.45, 7) is 0. The number of carbonyl (C=O) groups excluding carboxylic acids is 2. The van der Waals surface area contributed by atoms with Gasteiger partial charge < -0.3 is 19.9 Å². The third-order valence-electron chi connectivity index (χ3n) is 3.37. The number of methoxy groups -OCH3 is 2. The zero-order chi connectivity index (χ0) is 19.8. The van der Waals surface area contributed by atoms with E-state index in [0.29, 0.717) is 21.5 Å². The number of phenols is 1. The molecule has 2 aromatic carbocycles. The SMILES string of the molecule is COc1ccc(NC(=O)CC(=O)NN=Cc2cc(Br)c(O)c(OC)c2)cc1. The van der Waals surface area contributed by atoms with E-state index in [1.165, 1.54) is 13.3 Å². The van der Waals surface area contributed by atoms with Crippen molar-refractivity contribution in [3.05, 3.63) is 46.4 Å². The Hall–Kier alpha value is -3.07. The molecule has 0 heterocycles. The highest BCUT2D eigenvalue weighted by Gasteiger charge is 2.10. The molecule has 2 amide bonds. The molecule has 2 aromatic rings. The number of aromatic hydroxyl groups is 1. The number of nitrogens with zero attached hydrogens (tertiary/aromatic N) is 1. The molecule has 0 atom stereocenters. The summed E-state index contributed by atoms with van der Waals surface area (Å²) in [7, 11) is 2.97. The molecule has 0 spiro atoms. The van der Waals surface area contributed by atoms with Crippen LogP contribution in [0.1, 0.15) is 12.0 Å². The molecule has 0 aromatic heterocycles. The van der Waals surface area contributed by atoms with Crippen LogP contribution in [0.2, 0.25) is 0 Å². The summed E-state index contributed by atoms with van der Waals surface area (Å²) in [5.41, 5.74) is 3.41. The van der Waals surface area contributed by atoms with Gasteiger partial charge in [0.1, 0.15) is 12.2 Å². The maximum atomic E-state index is 11.9. The smallest absolute Gasteiger partial charge is 0.249 e. The van der Waals surface area contributed by atoms with Crippen molar-refractivity contribution in [1.29, 1.82) is 0 Å². The first-order valence-corrected chi connectivity index (χ1v) is 8.54. The monoisotopic (exact) mass is 435 g/mol. The van der Waals surface area contributed by atoms with Gasteiger partial charge in [-0.15, -0.1) is 0 Å². The number of halogens is 1. The van der Waals surface area contributed by atoms with Crippen molar-refractivity contribution in [3.63, 3.8) is 0 Å². The van der Waals surface area contributed by atoms with Crippen molar-refractivity contribution >= 4 is 39.6 Å². The predicted octanol–water partition coefficient (Wildman–Crippen LogP) is 2.65. The van der Waals surface area contributed by atoms with Gasteiger partial charge in [0.25, 0.3) is 0 Å². The first-order chi connectivity index (χ1) is 12.9. The fraction of sp³-hybridized carbons (Fsp3) is 0.167. The second kappa shape index (κ2) is 9.58. The van der Waals surface area contributed by atoms with Crippen molar-refractivity contribution < 1.29 is 24.2 Å². The van der Waals surface area contributed by atoms with Crippen molar-refractivity contribution in [2.45, 2.75) is 6.42 Å². The van der Waals surface area contributed by atoms with E-state index in [1.807, 2.05) is 0 Å². The van der Waals surface area contributed by atoms with Gasteiger partial charge in [-0.1, -0.05) is 0 Å². The van der Waals surface area contributed by atoms with Gasteiger partial charge in [-0.05, 0) is 57.9 Å². The molecule has 27 heavy (non-hydrogen) atoms. The van der Waals surface area contributed by atoms with Crippen molar-refractivity contribution in [1.82, 2.24) is 5.43 Å². The number of phenolic OH excluding ortho intramolecular Hbond substituents is 1. The van der Waals surface area contributed by atoms with E-state index in [2.05, 4.69) is 31.8 Å². The maximum Gasteiger partial charge on any atom is 0.249 e. The van der Waals surface area contributed by atoms with Crippen LogP contribution in [0, 0.1) is 0 Å². The van der Waals surface area contributed by atoms with Crippen LogP contribution in [0.3, 0.4) is 0 Å². The summed E-state index contributed by atoms with van der Waals surface area (Å²) >= 11 is 3.19. The number of amides is 2. The van der Waals surface area contributed by atoms with E-state index in [0.717, 1.165) is 0 Å². The lowest BCUT2D eigenvalue weighted by Crippen LogP contribution is -2.24. The summed E-state index contributed by atoms with van der Waals surface area (Å²) in [4.78, 5) is 23.7. The summed E-state index contributed by atoms with van der Waals surface area (Å²) < 4.78 is 10.5. The molecule has 0 unspecified atom stereocenters. The molecule has 0 saturated carbocycles. The van der Waals surface area contributed by atoms with Gasteiger partial charge in [0.2, 0.25) is 11.8 Å². The highest BCUT2D eigenvalue weighted by Crippen LogP contribution is 2.34. The molecule has 142 valence electrons. The summed E-state index contributed by atoms with van der Waals surface area (Å²) in [6.07, 6.45) is 0.984. The van der Waals surface area contributed by atoms with Gasteiger partial charge in [0.05, 0.1) is 24.9 Å². The van der Waals surface area contributed by atoms with Crippen LogP contribution in [0.4, 0.5) is 5.69 Å². The first kappa shape index (κ1) is 20.2. The molecule has 3 N–H and O–H groups in total.